The molecule has 6 nitrogen and oxygen atoms in total. The summed E-state index contributed by atoms with van der Waals surface area (Å²) >= 11 is 0. The van der Waals surface area contributed by atoms with Gasteiger partial charge in [0, 0.05) is 12.0 Å². The third-order valence-electron chi connectivity index (χ3n) is 3.61. The van der Waals surface area contributed by atoms with Gasteiger partial charge in [-0.15, -0.1) is 0 Å². The lowest BCUT2D eigenvalue weighted by Gasteiger charge is -2.25. The first-order chi connectivity index (χ1) is 10.8. The van der Waals surface area contributed by atoms with Crippen LogP contribution in [-0.2, 0) is 20.7 Å². The van der Waals surface area contributed by atoms with E-state index in [1.165, 1.54) is 0 Å². The molecule has 23 heavy (non-hydrogen) atoms. The second-order valence-electron chi connectivity index (χ2n) is 6.67. The molecule has 0 saturated carbocycles. The van der Waals surface area contributed by atoms with Crippen molar-refractivity contribution in [2.24, 2.45) is 0 Å². The largest absolute Gasteiger partial charge is 0.480 e. The Balaban J connectivity index is 2.05. The molecular weight excluding hydrogens is 298 g/mol. The van der Waals surface area contributed by atoms with E-state index >= 15 is 0 Å². The van der Waals surface area contributed by atoms with Gasteiger partial charge in [-0.3, -0.25) is 0 Å². The Labute approximate surface area is 135 Å². The number of rotatable bonds is 5. The third-order valence-corrected chi connectivity index (χ3v) is 3.61. The lowest BCUT2D eigenvalue weighted by Crippen LogP contribution is -2.42. The summed E-state index contributed by atoms with van der Waals surface area (Å²) in [5.41, 5.74) is 1.65. The maximum absolute atomic E-state index is 12.0. The van der Waals surface area contributed by atoms with E-state index in [9.17, 15) is 9.59 Å². The Morgan fingerprint density at radius 2 is 2.00 bits per heavy atom. The zero-order valence-corrected chi connectivity index (χ0v) is 13.7. The first-order valence-corrected chi connectivity index (χ1v) is 7.63. The van der Waals surface area contributed by atoms with Crippen molar-refractivity contribution in [1.29, 1.82) is 0 Å². The number of carboxylic acids is 1. The highest BCUT2D eigenvalue weighted by Crippen LogP contribution is 2.33. The summed E-state index contributed by atoms with van der Waals surface area (Å²) in [5.74, 6) is -1.09. The summed E-state index contributed by atoms with van der Waals surface area (Å²) in [6.07, 6.45) is 0.204. The highest BCUT2D eigenvalue weighted by atomic mass is 16.6. The normalized spacial score (nSPS) is 20.0. The van der Waals surface area contributed by atoms with Gasteiger partial charge in [0.25, 0.3) is 0 Å². The molecule has 2 N–H and O–H groups in total. The quantitative estimate of drug-likeness (QED) is 0.869. The molecule has 6 heteroatoms. The van der Waals surface area contributed by atoms with Crippen LogP contribution in [0, 0.1) is 0 Å². The first-order valence-electron chi connectivity index (χ1n) is 7.63. The monoisotopic (exact) mass is 321 g/mol. The maximum atomic E-state index is 12.0. The zero-order chi connectivity index (χ0) is 17.0. The highest BCUT2D eigenvalue weighted by molar-refractivity contribution is 5.69. The van der Waals surface area contributed by atoms with Crippen LogP contribution in [0.15, 0.2) is 24.3 Å². The van der Waals surface area contributed by atoms with Gasteiger partial charge >= 0.3 is 12.1 Å². The van der Waals surface area contributed by atoms with E-state index in [4.69, 9.17) is 14.6 Å². The number of carbonyl (C=O) groups excluding carboxylic acids is 1. The third kappa shape index (κ3) is 4.96. The van der Waals surface area contributed by atoms with Crippen LogP contribution in [0.25, 0.3) is 0 Å². The Bertz CT molecular complexity index is 579. The first kappa shape index (κ1) is 17.3. The predicted molar refractivity (Wildman–Crippen MR) is 84.5 cm³/mol. The van der Waals surface area contributed by atoms with Crippen LogP contribution in [0.4, 0.5) is 4.79 Å². The van der Waals surface area contributed by atoms with Gasteiger partial charge in [0.1, 0.15) is 12.2 Å². The second-order valence-corrected chi connectivity index (χ2v) is 6.67. The van der Waals surface area contributed by atoms with E-state index in [1.54, 1.807) is 0 Å². The summed E-state index contributed by atoms with van der Waals surface area (Å²) in [6, 6.07) is 7.70. The smallest absolute Gasteiger partial charge is 0.407 e. The second kappa shape index (κ2) is 7.00. The lowest BCUT2D eigenvalue weighted by molar-refractivity contribution is -0.142. The zero-order valence-electron chi connectivity index (χ0n) is 13.7. The number of amides is 1. The average molecular weight is 321 g/mol. The minimum Gasteiger partial charge on any atom is -0.480 e. The Hall–Kier alpha value is -2.08. The Morgan fingerprint density at radius 1 is 1.30 bits per heavy atom. The molecule has 0 heterocycles. The fraction of sp³-hybridized carbons (Fsp3) is 0.529. The van der Waals surface area contributed by atoms with Crippen LogP contribution in [-0.4, -0.2) is 42.0 Å². The van der Waals surface area contributed by atoms with Crippen molar-refractivity contribution >= 4 is 12.1 Å². The van der Waals surface area contributed by atoms with E-state index in [0.29, 0.717) is 6.42 Å². The van der Waals surface area contributed by atoms with Crippen LogP contribution >= 0.6 is 0 Å². The molecule has 0 radical (unpaired) electrons. The van der Waals surface area contributed by atoms with Gasteiger partial charge in [-0.05, 0) is 38.3 Å². The molecule has 0 aromatic heterocycles. The van der Waals surface area contributed by atoms with Gasteiger partial charge < -0.3 is 19.9 Å². The van der Waals surface area contributed by atoms with Crippen molar-refractivity contribution in [1.82, 2.24) is 5.32 Å². The molecule has 1 aliphatic carbocycles. The van der Waals surface area contributed by atoms with Crippen molar-refractivity contribution < 1.29 is 24.2 Å². The molecule has 0 unspecified atom stereocenters. The van der Waals surface area contributed by atoms with Crippen molar-refractivity contribution in [3.8, 4) is 0 Å². The predicted octanol–water partition coefficient (Wildman–Crippen LogP) is 2.32. The number of ether oxygens (including phenoxy) is 2. The standard InChI is InChI=1S/C17H23NO5/c1-17(2,3)23-16(21)18-14-8-11-6-4-5-7-12(11)13(14)9-22-10-15(19)20/h4-7,13-14H,8-10H2,1-3H3,(H,18,21)(H,19,20)/t13-,14-/m1/s1. The highest BCUT2D eigenvalue weighted by Gasteiger charge is 2.34. The summed E-state index contributed by atoms with van der Waals surface area (Å²) in [5, 5.41) is 11.6. The van der Waals surface area contributed by atoms with Crippen molar-refractivity contribution in [3.05, 3.63) is 35.4 Å². The number of hydrogen-bond donors (Lipinski definition) is 2. The minimum absolute atomic E-state index is 0.0851. The number of carboxylic acid groups (broad SMARTS) is 1. The molecule has 2 rings (SSSR count). The van der Waals surface area contributed by atoms with Crippen molar-refractivity contribution in [3.63, 3.8) is 0 Å². The minimum atomic E-state index is -1.01. The molecule has 0 bridgehead atoms. The average Bonchev–Trinajstić information content (AvgIpc) is 2.74. The molecule has 0 fully saturated rings. The number of hydrogen-bond acceptors (Lipinski definition) is 4. The number of carbonyl (C=O) groups is 2. The molecule has 1 amide bonds. The molecular formula is C17H23NO5. The number of benzene rings is 1. The van der Waals surface area contributed by atoms with Crippen LogP contribution in [0.2, 0.25) is 0 Å². The van der Waals surface area contributed by atoms with Gasteiger partial charge in [-0.25, -0.2) is 9.59 Å². The number of nitrogens with one attached hydrogen (secondary N) is 1. The van der Waals surface area contributed by atoms with Gasteiger partial charge in [-0.1, -0.05) is 24.3 Å². The fourth-order valence-corrected chi connectivity index (χ4v) is 2.77. The van der Waals surface area contributed by atoms with Gasteiger partial charge in [0.2, 0.25) is 0 Å². The molecule has 1 aliphatic rings. The van der Waals surface area contributed by atoms with Crippen molar-refractivity contribution in [2.75, 3.05) is 13.2 Å². The van der Waals surface area contributed by atoms with Gasteiger partial charge in [0.15, 0.2) is 0 Å². The molecule has 0 aliphatic heterocycles. The van der Waals surface area contributed by atoms with Gasteiger partial charge in [-0.2, -0.15) is 0 Å². The topological polar surface area (TPSA) is 84.9 Å². The molecule has 0 spiro atoms. The van der Waals surface area contributed by atoms with Crippen LogP contribution in [0.5, 0.6) is 0 Å². The van der Waals surface area contributed by atoms with E-state index in [0.717, 1.165) is 11.1 Å². The molecule has 1 aromatic rings. The number of alkyl carbamates (subject to hydrolysis) is 1. The molecule has 126 valence electrons. The van der Waals surface area contributed by atoms with E-state index in [1.807, 2.05) is 45.0 Å². The lowest BCUT2D eigenvalue weighted by atomic mass is 9.99. The fourth-order valence-electron chi connectivity index (χ4n) is 2.77. The SMILES string of the molecule is CC(C)(C)OC(=O)N[C@@H]1Cc2ccccc2[C@H]1COCC(=O)O. The summed E-state index contributed by atoms with van der Waals surface area (Å²) in [7, 11) is 0. The summed E-state index contributed by atoms with van der Waals surface area (Å²) < 4.78 is 10.6. The number of aliphatic carboxylic acids is 1. The molecule has 2 atom stereocenters. The Kier molecular flexibility index (Phi) is 5.26. The van der Waals surface area contributed by atoms with Crippen LogP contribution in [0.3, 0.4) is 0 Å². The van der Waals surface area contributed by atoms with E-state index < -0.39 is 17.7 Å². The van der Waals surface area contributed by atoms with Crippen LogP contribution < -0.4 is 5.32 Å². The Morgan fingerprint density at radius 3 is 2.65 bits per heavy atom. The summed E-state index contributed by atoms with van der Waals surface area (Å²) in [6.45, 7) is 5.32. The molecule has 0 saturated heterocycles. The van der Waals surface area contributed by atoms with E-state index in [-0.39, 0.29) is 25.2 Å². The molecule has 1 aromatic carbocycles. The number of fused-ring (bicyclic) bond motifs is 1. The summed E-state index contributed by atoms with van der Waals surface area (Å²) in [4.78, 5) is 22.6. The van der Waals surface area contributed by atoms with Crippen molar-refractivity contribution in [2.45, 2.75) is 44.8 Å². The van der Waals surface area contributed by atoms with Crippen LogP contribution in [0.1, 0.15) is 37.8 Å². The van der Waals surface area contributed by atoms with E-state index in [2.05, 4.69) is 5.32 Å². The maximum Gasteiger partial charge on any atom is 0.407 e. The van der Waals surface area contributed by atoms with Gasteiger partial charge in [0.05, 0.1) is 6.61 Å².